The van der Waals surface area contributed by atoms with Crippen molar-refractivity contribution in [1.29, 1.82) is 0 Å². The summed E-state index contributed by atoms with van der Waals surface area (Å²) < 4.78 is 26.1. The average Bonchev–Trinajstić information content (AvgIpc) is 2.67. The Morgan fingerprint density at radius 2 is 1.16 bits per heavy atom. The lowest BCUT2D eigenvalue weighted by atomic mass is 10.1. The molecular weight excluding hydrogens is 332 g/mol. The maximum atomic E-state index is 13.1. The van der Waals surface area contributed by atoms with Crippen molar-refractivity contribution >= 4 is 21.7 Å². The molecule has 0 aliphatic rings. The average molecular weight is 348 g/mol. The molecular formula is C21H16O3S. The molecule has 3 aromatic carbocycles. The fourth-order valence-corrected chi connectivity index (χ4v) is 3.85. The van der Waals surface area contributed by atoms with Crippen LogP contribution in [0.25, 0.3) is 6.08 Å². The van der Waals surface area contributed by atoms with E-state index in [1.165, 1.54) is 18.2 Å². The summed E-state index contributed by atoms with van der Waals surface area (Å²) in [5.74, 6) is -0.520. The van der Waals surface area contributed by atoms with E-state index in [2.05, 4.69) is 0 Å². The summed E-state index contributed by atoms with van der Waals surface area (Å²) in [5.41, 5.74) is 0.991. The van der Waals surface area contributed by atoms with Crippen molar-refractivity contribution < 1.29 is 13.2 Å². The minimum Gasteiger partial charge on any atom is -0.288 e. The van der Waals surface area contributed by atoms with Crippen LogP contribution in [-0.2, 0) is 9.84 Å². The van der Waals surface area contributed by atoms with E-state index in [1.54, 1.807) is 72.8 Å². The Labute approximate surface area is 147 Å². The van der Waals surface area contributed by atoms with Gasteiger partial charge in [0.2, 0.25) is 15.6 Å². The van der Waals surface area contributed by atoms with Crippen molar-refractivity contribution in [3.63, 3.8) is 0 Å². The number of rotatable bonds is 5. The number of ketones is 1. The van der Waals surface area contributed by atoms with Gasteiger partial charge < -0.3 is 0 Å². The molecule has 0 saturated heterocycles. The number of benzene rings is 3. The first-order valence-electron chi connectivity index (χ1n) is 7.76. The molecule has 0 radical (unpaired) electrons. The van der Waals surface area contributed by atoms with E-state index in [0.29, 0.717) is 11.1 Å². The van der Waals surface area contributed by atoms with Gasteiger partial charge in [-0.15, -0.1) is 0 Å². The Morgan fingerprint density at radius 1 is 0.680 bits per heavy atom. The lowest BCUT2D eigenvalue weighted by Gasteiger charge is -2.09. The van der Waals surface area contributed by atoms with E-state index < -0.39 is 15.6 Å². The van der Waals surface area contributed by atoms with Crippen molar-refractivity contribution in [2.75, 3.05) is 0 Å². The van der Waals surface area contributed by atoms with Crippen LogP contribution in [0.5, 0.6) is 0 Å². The van der Waals surface area contributed by atoms with Gasteiger partial charge in [-0.2, -0.15) is 0 Å². The minimum absolute atomic E-state index is 0.0986. The van der Waals surface area contributed by atoms with E-state index >= 15 is 0 Å². The Morgan fingerprint density at radius 3 is 1.72 bits per heavy atom. The van der Waals surface area contributed by atoms with Gasteiger partial charge in [0.1, 0.15) is 4.91 Å². The van der Waals surface area contributed by atoms with Crippen molar-refractivity contribution in [1.82, 2.24) is 0 Å². The van der Waals surface area contributed by atoms with Gasteiger partial charge in [0.25, 0.3) is 0 Å². The first kappa shape index (κ1) is 16.9. The van der Waals surface area contributed by atoms with Crippen LogP contribution in [0.15, 0.2) is 101 Å². The predicted molar refractivity (Wildman–Crippen MR) is 98.8 cm³/mol. The quantitative estimate of drug-likeness (QED) is 0.508. The van der Waals surface area contributed by atoms with Gasteiger partial charge in [0, 0.05) is 5.56 Å². The topological polar surface area (TPSA) is 51.2 Å². The molecule has 0 aromatic heterocycles. The number of Topliss-reactive ketones (excluding diaryl/α,β-unsaturated/α-hetero) is 1. The molecule has 0 bridgehead atoms. The zero-order valence-electron chi connectivity index (χ0n) is 13.4. The molecule has 25 heavy (non-hydrogen) atoms. The summed E-state index contributed by atoms with van der Waals surface area (Å²) in [4.78, 5) is 12.8. The van der Waals surface area contributed by atoms with Crippen LogP contribution in [0.4, 0.5) is 0 Å². The van der Waals surface area contributed by atoms with Crippen LogP contribution in [0.3, 0.4) is 0 Å². The van der Waals surface area contributed by atoms with Crippen LogP contribution in [0, 0.1) is 0 Å². The number of hydrogen-bond acceptors (Lipinski definition) is 3. The molecule has 0 unspecified atom stereocenters. The molecule has 3 aromatic rings. The predicted octanol–water partition coefficient (Wildman–Crippen LogP) is 4.38. The van der Waals surface area contributed by atoms with Crippen molar-refractivity contribution in [2.24, 2.45) is 0 Å². The number of carbonyl (C=O) groups is 1. The van der Waals surface area contributed by atoms with Gasteiger partial charge in [-0.1, -0.05) is 78.9 Å². The van der Waals surface area contributed by atoms with Gasteiger partial charge in [-0.3, -0.25) is 4.79 Å². The number of allylic oxidation sites excluding steroid dienone is 1. The SMILES string of the molecule is O=C(C(=Cc1ccccc1)S(=O)(=O)c1ccccc1)c1ccccc1. The summed E-state index contributed by atoms with van der Waals surface area (Å²) in [6, 6.07) is 25.4. The molecule has 124 valence electrons. The second-order valence-electron chi connectivity index (χ2n) is 5.43. The molecule has 0 heterocycles. The third-order valence-electron chi connectivity index (χ3n) is 3.70. The van der Waals surface area contributed by atoms with Crippen LogP contribution in [0.1, 0.15) is 15.9 Å². The lowest BCUT2D eigenvalue weighted by molar-refractivity contribution is 0.104. The summed E-state index contributed by atoms with van der Waals surface area (Å²) in [6.45, 7) is 0. The Hall–Kier alpha value is -2.98. The highest BCUT2D eigenvalue weighted by Crippen LogP contribution is 2.25. The van der Waals surface area contributed by atoms with E-state index in [4.69, 9.17) is 0 Å². The largest absolute Gasteiger partial charge is 0.288 e. The summed E-state index contributed by atoms with van der Waals surface area (Å²) in [6.07, 6.45) is 1.43. The van der Waals surface area contributed by atoms with E-state index in [9.17, 15) is 13.2 Å². The fraction of sp³-hybridized carbons (Fsp3) is 0. The van der Waals surface area contributed by atoms with E-state index in [0.717, 1.165) is 0 Å². The Kier molecular flexibility index (Phi) is 4.91. The second-order valence-corrected chi connectivity index (χ2v) is 7.35. The molecule has 0 fully saturated rings. The monoisotopic (exact) mass is 348 g/mol. The summed E-state index contributed by atoms with van der Waals surface area (Å²) in [7, 11) is -3.94. The third-order valence-corrected chi connectivity index (χ3v) is 5.48. The number of sulfone groups is 1. The van der Waals surface area contributed by atoms with Crippen molar-refractivity contribution in [3.8, 4) is 0 Å². The summed E-state index contributed by atoms with van der Waals surface area (Å²) >= 11 is 0. The Balaban J connectivity index is 2.17. The molecule has 0 saturated carbocycles. The fourth-order valence-electron chi connectivity index (χ4n) is 2.42. The van der Waals surface area contributed by atoms with Crippen molar-refractivity contribution in [2.45, 2.75) is 4.90 Å². The first-order chi connectivity index (χ1) is 12.1. The van der Waals surface area contributed by atoms with Crippen molar-refractivity contribution in [3.05, 3.63) is 107 Å². The van der Waals surface area contributed by atoms with E-state index in [-0.39, 0.29) is 9.80 Å². The normalized spacial score (nSPS) is 11.9. The molecule has 3 rings (SSSR count). The highest BCUT2D eigenvalue weighted by Gasteiger charge is 2.27. The maximum absolute atomic E-state index is 13.1. The zero-order valence-corrected chi connectivity index (χ0v) is 14.2. The smallest absolute Gasteiger partial charge is 0.210 e. The van der Waals surface area contributed by atoms with E-state index in [1.807, 2.05) is 6.07 Å². The van der Waals surface area contributed by atoms with Crippen LogP contribution in [0.2, 0.25) is 0 Å². The highest BCUT2D eigenvalue weighted by molar-refractivity contribution is 7.96. The van der Waals surface area contributed by atoms with Gasteiger partial charge >= 0.3 is 0 Å². The van der Waals surface area contributed by atoms with Gasteiger partial charge in [-0.05, 0) is 23.8 Å². The molecule has 0 amide bonds. The minimum atomic E-state index is -3.94. The molecule has 0 aliphatic heterocycles. The highest BCUT2D eigenvalue weighted by atomic mass is 32.2. The van der Waals surface area contributed by atoms with Crippen LogP contribution >= 0.6 is 0 Å². The molecule has 3 nitrogen and oxygen atoms in total. The van der Waals surface area contributed by atoms with Crippen LogP contribution in [-0.4, -0.2) is 14.2 Å². The second kappa shape index (κ2) is 7.28. The lowest BCUT2D eigenvalue weighted by Crippen LogP contribution is -2.14. The molecule has 0 atom stereocenters. The molecule has 0 aliphatic carbocycles. The molecule has 4 heteroatoms. The van der Waals surface area contributed by atoms with Gasteiger partial charge in [0.15, 0.2) is 0 Å². The zero-order chi connectivity index (χ0) is 17.7. The van der Waals surface area contributed by atoms with Gasteiger partial charge in [0.05, 0.1) is 4.90 Å². The maximum Gasteiger partial charge on any atom is 0.210 e. The number of hydrogen-bond donors (Lipinski definition) is 0. The first-order valence-corrected chi connectivity index (χ1v) is 9.24. The standard InChI is InChI=1S/C21H16O3S/c22-21(18-12-6-2-7-13-18)20(16-17-10-4-1-5-11-17)25(23,24)19-14-8-3-9-15-19/h1-16H. The van der Waals surface area contributed by atoms with Crippen LogP contribution < -0.4 is 0 Å². The number of carbonyl (C=O) groups excluding carboxylic acids is 1. The molecule has 0 spiro atoms. The molecule has 0 N–H and O–H groups in total. The third kappa shape index (κ3) is 3.75. The van der Waals surface area contributed by atoms with Gasteiger partial charge in [-0.25, -0.2) is 8.42 Å². The Bertz CT molecular complexity index is 991. The summed E-state index contributed by atoms with van der Waals surface area (Å²) in [5, 5.41) is 0.